The van der Waals surface area contributed by atoms with Crippen LogP contribution < -0.4 is 0 Å². The summed E-state index contributed by atoms with van der Waals surface area (Å²) in [5.74, 6) is 0. The molecule has 0 aliphatic heterocycles. The monoisotopic (exact) mass is 401 g/mol. The zero-order valence-corrected chi connectivity index (χ0v) is 15.7. The number of halogens is 1. The van der Waals surface area contributed by atoms with Crippen molar-refractivity contribution in [3.63, 3.8) is 0 Å². The van der Waals surface area contributed by atoms with Crippen LogP contribution in [0.15, 0.2) is 0 Å². The Morgan fingerprint density at radius 2 is 1.80 bits per heavy atom. The van der Waals surface area contributed by atoms with Gasteiger partial charge in [-0.1, -0.05) is 22.6 Å². The number of rotatable bonds is 8. The lowest BCUT2D eigenvalue weighted by molar-refractivity contribution is -0.0554. The number of methoxy groups -OCH3 is 1. The van der Waals surface area contributed by atoms with Crippen molar-refractivity contribution in [1.29, 1.82) is 0 Å². The van der Waals surface area contributed by atoms with Crippen LogP contribution in [0.1, 0.15) is 34.6 Å². The highest BCUT2D eigenvalue weighted by Gasteiger charge is 2.30. The van der Waals surface area contributed by atoms with E-state index in [0.717, 1.165) is 4.43 Å². The zero-order valence-electron chi connectivity index (χ0n) is 13.5. The molecule has 0 aromatic heterocycles. The minimum atomic E-state index is -0.484. The number of hydrogen-bond acceptors (Lipinski definition) is 4. The minimum absolute atomic E-state index is 0.300. The maximum atomic E-state index is 12.1. The fourth-order valence-corrected chi connectivity index (χ4v) is 1.99. The van der Waals surface area contributed by atoms with Crippen molar-refractivity contribution in [1.82, 2.24) is 4.90 Å². The van der Waals surface area contributed by atoms with E-state index in [-0.39, 0.29) is 6.09 Å². The number of alkyl halides is 1. The Labute approximate surface area is 136 Å². The van der Waals surface area contributed by atoms with Crippen molar-refractivity contribution in [3.05, 3.63) is 0 Å². The molecule has 0 aliphatic rings. The molecule has 0 aromatic rings. The van der Waals surface area contributed by atoms with Crippen LogP contribution in [0.3, 0.4) is 0 Å². The summed E-state index contributed by atoms with van der Waals surface area (Å²) in [5, 5.41) is 0. The predicted octanol–water partition coefficient (Wildman–Crippen LogP) is 3.10. The van der Waals surface area contributed by atoms with Crippen molar-refractivity contribution < 1.29 is 19.0 Å². The van der Waals surface area contributed by atoms with Crippen molar-refractivity contribution in [2.24, 2.45) is 0 Å². The van der Waals surface area contributed by atoms with Gasteiger partial charge >= 0.3 is 6.09 Å². The van der Waals surface area contributed by atoms with Gasteiger partial charge in [0.2, 0.25) is 0 Å². The molecule has 0 rings (SSSR count). The summed E-state index contributed by atoms with van der Waals surface area (Å²) in [7, 11) is 1.64. The van der Waals surface area contributed by atoms with Crippen molar-refractivity contribution in [2.45, 2.75) is 45.8 Å². The van der Waals surface area contributed by atoms with E-state index < -0.39 is 11.2 Å². The number of nitrogens with zero attached hydrogens (tertiary/aromatic N) is 1. The average Bonchev–Trinajstić information content (AvgIpc) is 2.34. The molecule has 0 fully saturated rings. The molecule has 5 nitrogen and oxygen atoms in total. The van der Waals surface area contributed by atoms with Gasteiger partial charge in [-0.2, -0.15) is 0 Å². The van der Waals surface area contributed by atoms with E-state index >= 15 is 0 Å². The topological polar surface area (TPSA) is 48.0 Å². The maximum Gasteiger partial charge on any atom is 0.410 e. The van der Waals surface area contributed by atoms with E-state index in [9.17, 15) is 4.79 Å². The molecule has 0 N–H and O–H groups in total. The molecule has 1 atom stereocenters. The summed E-state index contributed by atoms with van der Waals surface area (Å²) in [6.07, 6.45) is -0.300. The van der Waals surface area contributed by atoms with Gasteiger partial charge in [0.05, 0.1) is 25.4 Å². The van der Waals surface area contributed by atoms with Gasteiger partial charge in [0.25, 0.3) is 0 Å². The number of amides is 1. The van der Waals surface area contributed by atoms with E-state index in [1.807, 2.05) is 34.6 Å². The van der Waals surface area contributed by atoms with E-state index in [0.29, 0.717) is 26.3 Å². The van der Waals surface area contributed by atoms with Gasteiger partial charge in [0, 0.05) is 18.1 Å². The van der Waals surface area contributed by atoms with Crippen LogP contribution in [0.5, 0.6) is 0 Å². The van der Waals surface area contributed by atoms with E-state index in [1.54, 1.807) is 12.0 Å². The molecule has 6 heteroatoms. The Bertz CT molecular complexity index is 293. The number of carbonyl (C=O) groups is 1. The van der Waals surface area contributed by atoms with Gasteiger partial charge in [0.1, 0.15) is 5.60 Å². The van der Waals surface area contributed by atoms with Gasteiger partial charge in [-0.3, -0.25) is 0 Å². The molecular weight excluding hydrogens is 373 g/mol. The first-order valence-electron chi connectivity index (χ1n) is 6.84. The van der Waals surface area contributed by atoms with Gasteiger partial charge < -0.3 is 19.1 Å². The molecule has 0 heterocycles. The van der Waals surface area contributed by atoms with Gasteiger partial charge in [0.15, 0.2) is 0 Å². The Hall–Kier alpha value is -0.0800. The van der Waals surface area contributed by atoms with Gasteiger partial charge in [-0.05, 0) is 34.6 Å². The second-order valence-electron chi connectivity index (χ2n) is 5.92. The molecule has 0 saturated carbocycles. The second kappa shape index (κ2) is 9.04. The minimum Gasteiger partial charge on any atom is -0.444 e. The summed E-state index contributed by atoms with van der Waals surface area (Å²) in [6.45, 7) is 11.7. The first-order chi connectivity index (χ1) is 9.17. The molecule has 0 aliphatic carbocycles. The Morgan fingerprint density at radius 1 is 1.20 bits per heavy atom. The lowest BCUT2D eigenvalue weighted by Crippen LogP contribution is -2.48. The average molecular weight is 401 g/mol. The van der Waals surface area contributed by atoms with Crippen molar-refractivity contribution in [2.75, 3.05) is 37.8 Å². The fourth-order valence-electron chi connectivity index (χ4n) is 1.53. The van der Waals surface area contributed by atoms with Crippen LogP contribution in [-0.4, -0.2) is 60.0 Å². The molecule has 0 radical (unpaired) electrons. The summed E-state index contributed by atoms with van der Waals surface area (Å²) in [6, 6.07) is 0. The van der Waals surface area contributed by atoms with Crippen LogP contribution in [0.4, 0.5) is 4.79 Å². The van der Waals surface area contributed by atoms with Crippen molar-refractivity contribution >= 4 is 28.7 Å². The summed E-state index contributed by atoms with van der Waals surface area (Å²) in [4.78, 5) is 13.8. The van der Waals surface area contributed by atoms with Crippen molar-refractivity contribution in [3.8, 4) is 0 Å². The molecule has 120 valence electrons. The van der Waals surface area contributed by atoms with Gasteiger partial charge in [-0.25, -0.2) is 4.79 Å². The second-order valence-corrected chi connectivity index (χ2v) is 6.68. The highest BCUT2D eigenvalue weighted by molar-refractivity contribution is 14.1. The lowest BCUT2D eigenvalue weighted by Gasteiger charge is -2.34. The Balaban J connectivity index is 4.60. The molecule has 0 bridgehead atoms. The van der Waals surface area contributed by atoms with Crippen LogP contribution in [0.2, 0.25) is 0 Å². The maximum absolute atomic E-state index is 12.1. The Kier molecular flexibility index (Phi) is 9.01. The normalized spacial score (nSPS) is 14.8. The summed E-state index contributed by atoms with van der Waals surface area (Å²) < 4.78 is 17.0. The molecule has 1 amide bonds. The lowest BCUT2D eigenvalue weighted by atomic mass is 10.1. The quantitative estimate of drug-likeness (QED) is 0.356. The highest BCUT2D eigenvalue weighted by atomic mass is 127. The summed E-state index contributed by atoms with van der Waals surface area (Å²) >= 11 is 2.27. The van der Waals surface area contributed by atoms with Gasteiger partial charge in [-0.15, -0.1) is 0 Å². The van der Waals surface area contributed by atoms with E-state index in [2.05, 4.69) is 22.6 Å². The standard InChI is InChI=1S/C14H28INO4/c1-7-16(12(17)20-13(2,3)4)11-14(5,10-15)19-9-8-18-6/h7-11H2,1-6H3. The van der Waals surface area contributed by atoms with Crippen LogP contribution in [0.25, 0.3) is 0 Å². The number of hydrogen-bond donors (Lipinski definition) is 0. The first-order valence-corrected chi connectivity index (χ1v) is 8.37. The molecule has 20 heavy (non-hydrogen) atoms. The summed E-state index contributed by atoms with van der Waals surface area (Å²) in [5.41, 5.74) is -0.881. The van der Waals surface area contributed by atoms with Crippen LogP contribution in [0, 0.1) is 0 Å². The highest BCUT2D eigenvalue weighted by Crippen LogP contribution is 2.18. The third-order valence-corrected chi connectivity index (χ3v) is 4.19. The van der Waals surface area contributed by atoms with Crippen LogP contribution >= 0.6 is 22.6 Å². The Morgan fingerprint density at radius 3 is 2.20 bits per heavy atom. The molecule has 0 aromatic carbocycles. The molecule has 0 saturated heterocycles. The zero-order chi connectivity index (χ0) is 15.8. The predicted molar refractivity (Wildman–Crippen MR) is 88.6 cm³/mol. The number of likely N-dealkylation sites (N-methyl/N-ethyl adjacent to an activating group) is 1. The molecule has 0 spiro atoms. The third-order valence-electron chi connectivity index (χ3n) is 2.58. The number of carbonyl (C=O) groups excluding carboxylic acids is 1. The van der Waals surface area contributed by atoms with Crippen LogP contribution in [-0.2, 0) is 14.2 Å². The van der Waals surface area contributed by atoms with E-state index in [1.165, 1.54) is 0 Å². The molecular formula is C14H28INO4. The SMILES string of the molecule is CCN(CC(C)(CI)OCCOC)C(=O)OC(C)(C)C. The van der Waals surface area contributed by atoms with E-state index in [4.69, 9.17) is 14.2 Å². The molecule has 1 unspecified atom stereocenters. The third kappa shape index (κ3) is 8.26. The number of ether oxygens (including phenoxy) is 3. The fraction of sp³-hybridized carbons (Fsp3) is 0.929. The largest absolute Gasteiger partial charge is 0.444 e. The smallest absolute Gasteiger partial charge is 0.410 e. The first kappa shape index (κ1) is 19.9.